The van der Waals surface area contributed by atoms with E-state index < -0.39 is 0 Å². The third-order valence-electron chi connectivity index (χ3n) is 4.53. The minimum atomic E-state index is 0.779. The average Bonchev–Trinajstić information content (AvgIpc) is 2.98. The van der Waals surface area contributed by atoms with Gasteiger partial charge in [0, 0.05) is 12.1 Å². The molecule has 0 bridgehead atoms. The minimum absolute atomic E-state index is 0.779. The monoisotopic (exact) mass is 179 g/mol. The highest BCUT2D eigenvalue weighted by Gasteiger charge is 2.47. The Balaban J connectivity index is 1.61. The van der Waals surface area contributed by atoms with Gasteiger partial charge >= 0.3 is 0 Å². The third-order valence-corrected chi connectivity index (χ3v) is 4.53. The molecule has 13 heavy (non-hydrogen) atoms. The van der Waals surface area contributed by atoms with Crippen molar-refractivity contribution in [1.82, 2.24) is 5.32 Å². The van der Waals surface area contributed by atoms with E-state index in [2.05, 4.69) is 5.32 Å². The maximum absolute atomic E-state index is 3.85. The van der Waals surface area contributed by atoms with Gasteiger partial charge in [0.1, 0.15) is 0 Å². The Morgan fingerprint density at radius 3 is 2.15 bits per heavy atom. The molecule has 3 fully saturated rings. The lowest BCUT2D eigenvalue weighted by Gasteiger charge is -2.52. The average molecular weight is 179 g/mol. The van der Waals surface area contributed by atoms with Crippen LogP contribution in [0.15, 0.2) is 0 Å². The van der Waals surface area contributed by atoms with Crippen molar-refractivity contribution in [1.29, 1.82) is 0 Å². The van der Waals surface area contributed by atoms with Crippen molar-refractivity contribution in [3.05, 3.63) is 0 Å². The molecular weight excluding hydrogens is 158 g/mol. The molecule has 0 saturated heterocycles. The number of hydrogen-bond acceptors (Lipinski definition) is 1. The molecule has 74 valence electrons. The summed E-state index contributed by atoms with van der Waals surface area (Å²) in [6, 6.07) is 1.84. The Morgan fingerprint density at radius 1 is 0.846 bits per heavy atom. The van der Waals surface area contributed by atoms with Gasteiger partial charge in [-0.05, 0) is 43.9 Å². The van der Waals surface area contributed by atoms with Gasteiger partial charge in [0.2, 0.25) is 0 Å². The number of hydrogen-bond donors (Lipinski definition) is 1. The molecule has 0 heterocycles. The van der Waals surface area contributed by atoms with Crippen molar-refractivity contribution in [2.75, 3.05) is 0 Å². The highest BCUT2D eigenvalue weighted by molar-refractivity contribution is 5.03. The molecule has 3 aliphatic rings. The molecule has 0 amide bonds. The summed E-state index contributed by atoms with van der Waals surface area (Å²) in [5, 5.41) is 3.85. The summed E-state index contributed by atoms with van der Waals surface area (Å²) in [7, 11) is 0. The first kappa shape index (κ1) is 8.28. The van der Waals surface area contributed by atoms with Gasteiger partial charge in [0.15, 0.2) is 0 Å². The van der Waals surface area contributed by atoms with Crippen molar-refractivity contribution in [2.24, 2.45) is 5.41 Å². The molecule has 3 aliphatic carbocycles. The van der Waals surface area contributed by atoms with Crippen LogP contribution in [0.3, 0.4) is 0 Å². The van der Waals surface area contributed by atoms with Gasteiger partial charge in [0.25, 0.3) is 0 Å². The Hall–Kier alpha value is -0.0400. The second-order valence-electron chi connectivity index (χ2n) is 5.46. The lowest BCUT2D eigenvalue weighted by molar-refractivity contribution is 0.0221. The van der Waals surface area contributed by atoms with E-state index in [-0.39, 0.29) is 0 Å². The normalized spacial score (nSPS) is 37.4. The Labute approximate surface area is 81.3 Å². The quantitative estimate of drug-likeness (QED) is 0.687. The lowest BCUT2D eigenvalue weighted by atomic mass is 9.57. The van der Waals surface area contributed by atoms with Crippen molar-refractivity contribution in [2.45, 2.75) is 69.9 Å². The summed E-state index contributed by atoms with van der Waals surface area (Å²) < 4.78 is 0. The molecule has 1 atom stereocenters. The van der Waals surface area contributed by atoms with Crippen LogP contribution >= 0.6 is 0 Å². The summed E-state index contributed by atoms with van der Waals surface area (Å²) in [4.78, 5) is 0. The second kappa shape index (κ2) is 2.98. The minimum Gasteiger partial charge on any atom is -0.311 e. The topological polar surface area (TPSA) is 12.0 Å². The van der Waals surface area contributed by atoms with E-state index in [1.54, 1.807) is 0 Å². The van der Waals surface area contributed by atoms with Gasteiger partial charge in [-0.1, -0.05) is 19.3 Å². The maximum atomic E-state index is 3.85. The van der Waals surface area contributed by atoms with Crippen LogP contribution in [0.25, 0.3) is 0 Å². The van der Waals surface area contributed by atoms with Crippen LogP contribution < -0.4 is 5.32 Å². The van der Waals surface area contributed by atoms with Gasteiger partial charge in [-0.2, -0.15) is 0 Å². The molecule has 1 spiro atoms. The molecular formula is C12H21N. The fourth-order valence-electron chi connectivity index (χ4n) is 3.35. The van der Waals surface area contributed by atoms with E-state index in [1.165, 1.54) is 57.8 Å². The smallest absolute Gasteiger partial charge is 0.0126 e. The molecule has 0 radical (unpaired) electrons. The summed E-state index contributed by atoms with van der Waals surface area (Å²) >= 11 is 0. The number of nitrogens with one attached hydrogen (secondary N) is 1. The van der Waals surface area contributed by atoms with Crippen molar-refractivity contribution < 1.29 is 0 Å². The van der Waals surface area contributed by atoms with E-state index in [9.17, 15) is 0 Å². The van der Waals surface area contributed by atoms with E-state index in [4.69, 9.17) is 0 Å². The molecule has 1 unspecified atom stereocenters. The van der Waals surface area contributed by atoms with Gasteiger partial charge in [-0.3, -0.25) is 0 Å². The maximum Gasteiger partial charge on any atom is 0.0126 e. The van der Waals surface area contributed by atoms with E-state index in [0.717, 1.165) is 17.5 Å². The molecule has 0 aromatic carbocycles. The van der Waals surface area contributed by atoms with Gasteiger partial charge in [0.05, 0.1) is 0 Å². The van der Waals surface area contributed by atoms with Gasteiger partial charge in [-0.15, -0.1) is 0 Å². The summed E-state index contributed by atoms with van der Waals surface area (Å²) in [6.45, 7) is 0. The molecule has 3 saturated carbocycles. The van der Waals surface area contributed by atoms with Crippen LogP contribution in [0, 0.1) is 5.41 Å². The molecule has 1 nitrogen and oxygen atoms in total. The highest BCUT2D eigenvalue weighted by Crippen LogP contribution is 2.52. The zero-order valence-corrected chi connectivity index (χ0v) is 8.52. The van der Waals surface area contributed by atoms with Crippen LogP contribution in [0.2, 0.25) is 0 Å². The number of rotatable bonds is 2. The zero-order chi connectivity index (χ0) is 8.73. The first-order valence-electron chi connectivity index (χ1n) is 6.15. The largest absolute Gasteiger partial charge is 0.311 e. The summed E-state index contributed by atoms with van der Waals surface area (Å²) in [5.41, 5.74) is 0.779. The molecule has 0 aliphatic heterocycles. The molecule has 0 aromatic heterocycles. The van der Waals surface area contributed by atoms with Gasteiger partial charge < -0.3 is 5.32 Å². The lowest BCUT2D eigenvalue weighted by Crippen LogP contribution is -2.54. The SMILES string of the molecule is C1CCC2(CC1)CCC2NC1CC1. The van der Waals surface area contributed by atoms with Crippen LogP contribution in [0.1, 0.15) is 57.8 Å². The van der Waals surface area contributed by atoms with E-state index >= 15 is 0 Å². The standard InChI is InChI=1S/C12H21N/c1-2-7-12(8-3-1)9-6-11(12)13-10-4-5-10/h10-11,13H,1-9H2. The summed E-state index contributed by atoms with van der Waals surface area (Å²) in [6.07, 6.45) is 13.4. The zero-order valence-electron chi connectivity index (χ0n) is 8.52. The molecule has 1 heteroatoms. The van der Waals surface area contributed by atoms with Crippen LogP contribution in [0.5, 0.6) is 0 Å². The van der Waals surface area contributed by atoms with Gasteiger partial charge in [-0.25, -0.2) is 0 Å². The van der Waals surface area contributed by atoms with E-state index in [0.29, 0.717) is 0 Å². The molecule has 1 N–H and O–H groups in total. The summed E-state index contributed by atoms with van der Waals surface area (Å²) in [5.74, 6) is 0. The highest BCUT2D eigenvalue weighted by atomic mass is 15.0. The van der Waals surface area contributed by atoms with Crippen LogP contribution in [0.4, 0.5) is 0 Å². The first-order valence-corrected chi connectivity index (χ1v) is 6.15. The fourth-order valence-corrected chi connectivity index (χ4v) is 3.35. The van der Waals surface area contributed by atoms with Crippen LogP contribution in [-0.4, -0.2) is 12.1 Å². The van der Waals surface area contributed by atoms with Crippen molar-refractivity contribution >= 4 is 0 Å². The van der Waals surface area contributed by atoms with E-state index in [1.807, 2.05) is 0 Å². The van der Waals surface area contributed by atoms with Crippen molar-refractivity contribution in [3.63, 3.8) is 0 Å². The Bertz CT molecular complexity index is 189. The Kier molecular flexibility index (Phi) is 1.90. The fraction of sp³-hybridized carbons (Fsp3) is 1.00. The predicted octanol–water partition coefficient (Wildman–Crippen LogP) is 2.85. The molecule has 0 aromatic rings. The Morgan fingerprint density at radius 2 is 1.62 bits per heavy atom. The first-order chi connectivity index (χ1) is 6.39. The van der Waals surface area contributed by atoms with Crippen LogP contribution in [-0.2, 0) is 0 Å². The second-order valence-corrected chi connectivity index (χ2v) is 5.46. The van der Waals surface area contributed by atoms with Crippen molar-refractivity contribution in [3.8, 4) is 0 Å². The molecule has 3 rings (SSSR count). The predicted molar refractivity (Wildman–Crippen MR) is 54.7 cm³/mol. The third kappa shape index (κ3) is 1.41.